The van der Waals surface area contributed by atoms with Crippen LogP contribution in [0.3, 0.4) is 0 Å². The first-order valence-corrected chi connectivity index (χ1v) is 7.13. The SMILES string of the molecule is CNc1nc(N(C)CCSC)nc(-n2cncn2)n1. The quantitative estimate of drug-likeness (QED) is 0.808. The molecule has 2 aromatic heterocycles. The van der Waals surface area contributed by atoms with Gasteiger partial charge >= 0.3 is 0 Å². The van der Waals surface area contributed by atoms with Crippen molar-refractivity contribution in [2.75, 3.05) is 42.9 Å². The molecule has 0 saturated carbocycles. The van der Waals surface area contributed by atoms with Crippen LogP contribution in [0.2, 0.25) is 0 Å². The molecule has 0 bridgehead atoms. The molecular weight excluding hydrogens is 264 g/mol. The lowest BCUT2D eigenvalue weighted by Gasteiger charge is -2.17. The van der Waals surface area contributed by atoms with Gasteiger partial charge in [-0.2, -0.15) is 36.5 Å². The average Bonchev–Trinajstić information content (AvgIpc) is 2.98. The molecule has 9 heteroatoms. The molecule has 0 amide bonds. The summed E-state index contributed by atoms with van der Waals surface area (Å²) in [6.45, 7) is 0.866. The van der Waals surface area contributed by atoms with E-state index in [0.717, 1.165) is 12.3 Å². The Kier molecular flexibility index (Phi) is 4.50. The molecule has 8 nitrogen and oxygen atoms in total. The van der Waals surface area contributed by atoms with E-state index in [1.54, 1.807) is 25.1 Å². The second-order valence-corrected chi connectivity index (χ2v) is 4.75. The molecule has 0 aromatic carbocycles. The van der Waals surface area contributed by atoms with Crippen molar-refractivity contribution < 1.29 is 0 Å². The first kappa shape index (κ1) is 13.5. The molecular formula is C10H16N8S. The fourth-order valence-electron chi connectivity index (χ4n) is 1.38. The average molecular weight is 280 g/mol. The predicted octanol–water partition coefficient (Wildman–Crippen LogP) is 0.293. The molecule has 0 atom stereocenters. The third kappa shape index (κ3) is 3.31. The highest BCUT2D eigenvalue weighted by molar-refractivity contribution is 7.98. The van der Waals surface area contributed by atoms with E-state index in [9.17, 15) is 0 Å². The normalized spacial score (nSPS) is 10.5. The fourth-order valence-corrected chi connectivity index (χ4v) is 1.84. The van der Waals surface area contributed by atoms with Gasteiger partial charge in [-0.1, -0.05) is 0 Å². The maximum absolute atomic E-state index is 4.39. The summed E-state index contributed by atoms with van der Waals surface area (Å²) >= 11 is 1.78. The lowest BCUT2D eigenvalue weighted by Crippen LogP contribution is -2.24. The molecule has 1 N–H and O–H groups in total. The molecule has 0 unspecified atom stereocenters. The van der Waals surface area contributed by atoms with Crippen molar-refractivity contribution in [3.8, 4) is 5.95 Å². The summed E-state index contributed by atoms with van der Waals surface area (Å²) in [6.07, 6.45) is 5.07. The van der Waals surface area contributed by atoms with E-state index in [4.69, 9.17) is 0 Å². The molecule has 0 aliphatic heterocycles. The lowest BCUT2D eigenvalue weighted by atomic mass is 10.6. The Hall–Kier alpha value is -1.90. The first-order chi connectivity index (χ1) is 9.24. The summed E-state index contributed by atoms with van der Waals surface area (Å²) in [5.74, 6) is 2.57. The van der Waals surface area contributed by atoms with E-state index >= 15 is 0 Å². The Bertz CT molecular complexity index is 514. The number of nitrogens with zero attached hydrogens (tertiary/aromatic N) is 7. The summed E-state index contributed by atoms with van der Waals surface area (Å²) in [7, 11) is 3.72. The van der Waals surface area contributed by atoms with Gasteiger partial charge in [-0.3, -0.25) is 0 Å². The molecule has 0 fully saturated rings. The minimum Gasteiger partial charge on any atom is -0.357 e. The number of anilines is 2. The van der Waals surface area contributed by atoms with Crippen molar-refractivity contribution >= 4 is 23.7 Å². The number of hydrogen-bond acceptors (Lipinski definition) is 8. The Morgan fingerprint density at radius 3 is 2.84 bits per heavy atom. The largest absolute Gasteiger partial charge is 0.357 e. The van der Waals surface area contributed by atoms with Crippen LogP contribution >= 0.6 is 11.8 Å². The molecule has 19 heavy (non-hydrogen) atoms. The van der Waals surface area contributed by atoms with Gasteiger partial charge in [-0.05, 0) is 6.26 Å². The van der Waals surface area contributed by atoms with Crippen LogP contribution in [0, 0.1) is 0 Å². The van der Waals surface area contributed by atoms with E-state index in [1.807, 2.05) is 11.9 Å². The molecule has 2 heterocycles. The van der Waals surface area contributed by atoms with Crippen LogP contribution in [0.1, 0.15) is 0 Å². The van der Waals surface area contributed by atoms with E-state index in [0.29, 0.717) is 17.8 Å². The van der Waals surface area contributed by atoms with Crippen molar-refractivity contribution in [1.82, 2.24) is 29.7 Å². The van der Waals surface area contributed by atoms with Gasteiger partial charge in [0.25, 0.3) is 5.95 Å². The van der Waals surface area contributed by atoms with Gasteiger partial charge in [-0.25, -0.2) is 4.98 Å². The first-order valence-electron chi connectivity index (χ1n) is 5.73. The topological polar surface area (TPSA) is 84.7 Å². The Morgan fingerprint density at radius 1 is 1.37 bits per heavy atom. The van der Waals surface area contributed by atoms with Crippen molar-refractivity contribution in [3.05, 3.63) is 12.7 Å². The Balaban J connectivity index is 2.31. The maximum Gasteiger partial charge on any atom is 0.258 e. The third-order valence-electron chi connectivity index (χ3n) is 2.43. The zero-order valence-electron chi connectivity index (χ0n) is 11.1. The second kappa shape index (κ2) is 6.32. The Morgan fingerprint density at radius 2 is 2.21 bits per heavy atom. The van der Waals surface area contributed by atoms with Crippen molar-refractivity contribution in [3.63, 3.8) is 0 Å². The molecule has 0 spiro atoms. The number of rotatable bonds is 6. The van der Waals surface area contributed by atoms with Crippen molar-refractivity contribution in [2.24, 2.45) is 0 Å². The molecule has 102 valence electrons. The van der Waals surface area contributed by atoms with Gasteiger partial charge in [0.2, 0.25) is 11.9 Å². The number of thioether (sulfide) groups is 1. The van der Waals surface area contributed by atoms with Crippen molar-refractivity contribution in [2.45, 2.75) is 0 Å². The standard InChI is InChI=1S/C10H16N8S/c1-11-8-14-9(17(2)4-5-19-3)16-10(15-8)18-7-12-6-13-18/h6-7H,4-5H2,1-3H3,(H,11,14,15,16). The number of nitrogens with one attached hydrogen (secondary N) is 1. The molecule has 0 saturated heterocycles. The second-order valence-electron chi connectivity index (χ2n) is 3.76. The summed E-state index contributed by atoms with van der Waals surface area (Å²) < 4.78 is 1.51. The van der Waals surface area contributed by atoms with Crippen LogP contribution in [0.25, 0.3) is 5.95 Å². The van der Waals surface area contributed by atoms with E-state index < -0.39 is 0 Å². The van der Waals surface area contributed by atoms with Crippen LogP contribution in [-0.4, -0.2) is 62.4 Å². The third-order valence-corrected chi connectivity index (χ3v) is 3.02. The lowest BCUT2D eigenvalue weighted by molar-refractivity contribution is 0.781. The molecule has 0 aliphatic rings. The van der Waals surface area contributed by atoms with Gasteiger partial charge in [0.05, 0.1) is 0 Å². The molecule has 2 rings (SSSR count). The monoisotopic (exact) mass is 280 g/mol. The number of hydrogen-bond donors (Lipinski definition) is 1. The summed E-state index contributed by atoms with van der Waals surface area (Å²) in [5.41, 5.74) is 0. The fraction of sp³-hybridized carbons (Fsp3) is 0.500. The van der Waals surface area contributed by atoms with E-state index in [2.05, 4.69) is 36.6 Å². The van der Waals surface area contributed by atoms with Gasteiger partial charge in [-0.15, -0.1) is 0 Å². The molecule has 0 aliphatic carbocycles. The highest BCUT2D eigenvalue weighted by Gasteiger charge is 2.11. The van der Waals surface area contributed by atoms with Crippen LogP contribution in [0.4, 0.5) is 11.9 Å². The van der Waals surface area contributed by atoms with E-state index in [1.165, 1.54) is 11.0 Å². The predicted molar refractivity (Wildman–Crippen MR) is 75.9 cm³/mol. The highest BCUT2D eigenvalue weighted by Crippen LogP contribution is 2.11. The maximum atomic E-state index is 4.39. The van der Waals surface area contributed by atoms with Crippen molar-refractivity contribution in [1.29, 1.82) is 0 Å². The van der Waals surface area contributed by atoms with Gasteiger partial charge in [0.1, 0.15) is 12.7 Å². The van der Waals surface area contributed by atoms with Gasteiger partial charge in [0, 0.05) is 26.4 Å². The zero-order chi connectivity index (χ0) is 13.7. The zero-order valence-corrected chi connectivity index (χ0v) is 11.9. The van der Waals surface area contributed by atoms with Crippen LogP contribution in [-0.2, 0) is 0 Å². The summed E-state index contributed by atoms with van der Waals surface area (Å²) in [4.78, 5) is 18.9. The van der Waals surface area contributed by atoms with Crippen LogP contribution < -0.4 is 10.2 Å². The van der Waals surface area contributed by atoms with Crippen LogP contribution in [0.15, 0.2) is 12.7 Å². The smallest absolute Gasteiger partial charge is 0.258 e. The summed E-state index contributed by atoms with van der Waals surface area (Å²) in [5, 5.41) is 6.95. The minimum absolute atomic E-state index is 0.447. The Labute approximate surface area is 115 Å². The van der Waals surface area contributed by atoms with Gasteiger partial charge in [0.15, 0.2) is 0 Å². The minimum atomic E-state index is 0.447. The summed E-state index contributed by atoms with van der Waals surface area (Å²) in [6, 6.07) is 0. The molecule has 2 aromatic rings. The van der Waals surface area contributed by atoms with Gasteiger partial charge < -0.3 is 10.2 Å². The van der Waals surface area contributed by atoms with E-state index in [-0.39, 0.29) is 0 Å². The molecule has 0 radical (unpaired) electrons. The highest BCUT2D eigenvalue weighted by atomic mass is 32.2. The number of aromatic nitrogens is 6. The van der Waals surface area contributed by atoms with Crippen LogP contribution in [0.5, 0.6) is 0 Å².